The van der Waals surface area contributed by atoms with Crippen molar-refractivity contribution in [3.63, 3.8) is 0 Å². The molecule has 1 heterocycles. The fourth-order valence-electron chi connectivity index (χ4n) is 2.44. The lowest BCUT2D eigenvalue weighted by Gasteiger charge is -2.32. The van der Waals surface area contributed by atoms with Crippen molar-refractivity contribution in [1.82, 2.24) is 5.32 Å². The molecule has 1 aromatic rings. The average molecular weight is 319 g/mol. The largest absolute Gasteiger partial charge is 0.501 e. The molecule has 23 heavy (non-hydrogen) atoms. The van der Waals surface area contributed by atoms with Gasteiger partial charge in [0.1, 0.15) is 6.00 Å². The zero-order chi connectivity index (χ0) is 17.1. The fraction of sp³-hybridized carbons (Fsp3) is 0.588. The molecule has 1 saturated heterocycles. The molecule has 0 unspecified atom stereocenters. The Hall–Kier alpha value is -1.53. The summed E-state index contributed by atoms with van der Waals surface area (Å²) in [6.07, 6.45) is 0.943. The van der Waals surface area contributed by atoms with Crippen LogP contribution >= 0.6 is 0 Å². The zero-order valence-corrected chi connectivity index (χ0v) is 14.6. The number of ether oxygens (including phenoxy) is 1. The highest BCUT2D eigenvalue weighted by atomic mass is 16.7. The quantitative estimate of drug-likeness (QED) is 0.848. The van der Waals surface area contributed by atoms with E-state index in [1.54, 1.807) is 7.05 Å². The summed E-state index contributed by atoms with van der Waals surface area (Å²) in [6, 6.07) is 9.63. The molecular weight excluding hydrogens is 293 g/mol. The van der Waals surface area contributed by atoms with Crippen molar-refractivity contribution in [2.24, 2.45) is 0 Å². The van der Waals surface area contributed by atoms with E-state index >= 15 is 0 Å². The van der Waals surface area contributed by atoms with Gasteiger partial charge in [-0.1, -0.05) is 30.3 Å². The minimum absolute atomic E-state index is 0.450. The van der Waals surface area contributed by atoms with Gasteiger partial charge in [-0.3, -0.25) is 0 Å². The molecule has 0 spiro atoms. The first-order chi connectivity index (χ1) is 10.7. The van der Waals surface area contributed by atoms with Crippen molar-refractivity contribution in [3.8, 4) is 0 Å². The van der Waals surface area contributed by atoms with E-state index in [0.717, 1.165) is 6.42 Å². The molecule has 1 aliphatic rings. The maximum absolute atomic E-state index is 11.7. The maximum Gasteiger partial charge on any atom is 0.501 e. The van der Waals surface area contributed by atoms with Crippen LogP contribution in [-0.2, 0) is 20.5 Å². The number of hydrogen-bond acceptors (Lipinski definition) is 4. The molecular formula is C17H26BNO4. The molecule has 5 nitrogen and oxygen atoms in total. The van der Waals surface area contributed by atoms with Crippen LogP contribution in [0.5, 0.6) is 0 Å². The van der Waals surface area contributed by atoms with E-state index in [1.165, 1.54) is 5.56 Å². The first kappa shape index (κ1) is 17.8. The third-order valence-corrected chi connectivity index (χ3v) is 4.60. The average Bonchev–Trinajstić information content (AvgIpc) is 2.72. The lowest BCUT2D eigenvalue weighted by atomic mass is 9.77. The Morgan fingerprint density at radius 3 is 2.26 bits per heavy atom. The molecule has 0 aliphatic carbocycles. The van der Waals surface area contributed by atoms with E-state index in [1.807, 2.05) is 45.9 Å². The molecule has 0 aromatic heterocycles. The minimum atomic E-state index is -0.569. The number of amides is 1. The van der Waals surface area contributed by atoms with Gasteiger partial charge in [0.25, 0.3) is 0 Å². The van der Waals surface area contributed by atoms with E-state index in [9.17, 15) is 4.79 Å². The van der Waals surface area contributed by atoms with Crippen LogP contribution in [0.3, 0.4) is 0 Å². The van der Waals surface area contributed by atoms with E-state index in [-0.39, 0.29) is 0 Å². The Bertz CT molecular complexity index is 517. The van der Waals surface area contributed by atoms with Gasteiger partial charge in [0, 0.05) is 7.05 Å². The van der Waals surface area contributed by atoms with Crippen LogP contribution in [0.4, 0.5) is 4.79 Å². The first-order valence-corrected chi connectivity index (χ1v) is 8.03. The zero-order valence-electron chi connectivity index (χ0n) is 14.6. The van der Waals surface area contributed by atoms with E-state index in [0.29, 0.717) is 6.42 Å². The van der Waals surface area contributed by atoms with Gasteiger partial charge in [-0.05, 0) is 46.1 Å². The third kappa shape index (κ3) is 4.27. The molecule has 0 radical (unpaired) electrons. The van der Waals surface area contributed by atoms with E-state index < -0.39 is 30.4 Å². The molecule has 1 aromatic carbocycles. The van der Waals surface area contributed by atoms with Gasteiger partial charge in [0.2, 0.25) is 0 Å². The third-order valence-electron chi connectivity index (χ3n) is 4.60. The Morgan fingerprint density at radius 1 is 1.17 bits per heavy atom. The first-order valence-electron chi connectivity index (χ1n) is 8.03. The molecule has 126 valence electrons. The van der Waals surface area contributed by atoms with Crippen molar-refractivity contribution in [2.75, 3.05) is 7.05 Å². The lowest BCUT2D eigenvalue weighted by molar-refractivity contribution is 0.00578. The molecule has 0 bridgehead atoms. The van der Waals surface area contributed by atoms with Gasteiger partial charge in [0.05, 0.1) is 11.2 Å². The van der Waals surface area contributed by atoms with E-state index in [4.69, 9.17) is 14.0 Å². The second kappa shape index (κ2) is 6.93. The van der Waals surface area contributed by atoms with Crippen LogP contribution in [0.25, 0.3) is 0 Å². The molecule has 1 amide bonds. The monoisotopic (exact) mass is 319 g/mol. The summed E-state index contributed by atoms with van der Waals surface area (Å²) in [4.78, 5) is 11.7. The Morgan fingerprint density at radius 2 is 1.74 bits per heavy atom. The number of benzene rings is 1. The fourth-order valence-corrected chi connectivity index (χ4v) is 2.44. The van der Waals surface area contributed by atoms with Gasteiger partial charge < -0.3 is 19.4 Å². The highest BCUT2D eigenvalue weighted by Gasteiger charge is 2.54. The number of carbonyl (C=O) groups is 1. The molecule has 0 saturated carbocycles. The van der Waals surface area contributed by atoms with Crippen molar-refractivity contribution < 1.29 is 18.8 Å². The second-order valence-electron chi connectivity index (χ2n) is 6.84. The molecule has 1 aliphatic heterocycles. The summed E-state index contributed by atoms with van der Waals surface area (Å²) >= 11 is 0. The van der Waals surface area contributed by atoms with Crippen molar-refractivity contribution in [2.45, 2.75) is 57.7 Å². The van der Waals surface area contributed by atoms with Crippen LogP contribution in [0.15, 0.2) is 30.3 Å². The van der Waals surface area contributed by atoms with Gasteiger partial charge in [-0.15, -0.1) is 0 Å². The number of alkyl carbamates (subject to hydrolysis) is 1. The highest BCUT2D eigenvalue weighted by Crippen LogP contribution is 2.38. The number of aryl methyl sites for hydroxylation is 1. The van der Waals surface area contributed by atoms with Crippen LogP contribution in [-0.4, -0.2) is 37.5 Å². The number of hydrogen-bond donors (Lipinski definition) is 1. The summed E-state index contributed by atoms with van der Waals surface area (Å²) < 4.78 is 17.6. The maximum atomic E-state index is 11.7. The van der Waals surface area contributed by atoms with Crippen LogP contribution in [0.2, 0.25) is 0 Å². The standard InChI is InChI=1S/C17H26BNO4/c1-16(2)17(3,4)23-18(22-16)14(21-15(20)19-5)12-11-13-9-7-6-8-10-13/h6-10,14H,11-12H2,1-5H3,(H,19,20)/t14-/m0/s1. The summed E-state index contributed by atoms with van der Waals surface area (Å²) in [6.45, 7) is 7.95. The summed E-state index contributed by atoms with van der Waals surface area (Å²) in [5.74, 6) is 0. The lowest BCUT2D eigenvalue weighted by Crippen LogP contribution is -2.41. The summed E-state index contributed by atoms with van der Waals surface area (Å²) in [5.41, 5.74) is 0.290. The molecule has 1 atom stereocenters. The SMILES string of the molecule is CNC(=O)O[C@@H](CCc1ccccc1)B1OC(C)(C)C(C)(C)O1. The van der Waals surface area contributed by atoms with Crippen LogP contribution in [0.1, 0.15) is 39.7 Å². The Kier molecular flexibility index (Phi) is 5.37. The van der Waals surface area contributed by atoms with Gasteiger partial charge >= 0.3 is 13.2 Å². The number of carbonyl (C=O) groups excluding carboxylic acids is 1. The second-order valence-corrected chi connectivity index (χ2v) is 6.84. The number of rotatable bonds is 5. The molecule has 1 fully saturated rings. The molecule has 6 heteroatoms. The summed E-state index contributed by atoms with van der Waals surface area (Å²) in [5, 5.41) is 2.49. The van der Waals surface area contributed by atoms with Gasteiger partial charge in [0.15, 0.2) is 0 Å². The Balaban J connectivity index is 2.07. The van der Waals surface area contributed by atoms with Crippen molar-refractivity contribution in [3.05, 3.63) is 35.9 Å². The minimum Gasteiger partial charge on any atom is -0.449 e. The molecule has 2 rings (SSSR count). The van der Waals surface area contributed by atoms with Crippen LogP contribution in [0, 0.1) is 0 Å². The highest BCUT2D eigenvalue weighted by molar-refractivity contribution is 6.47. The smallest absolute Gasteiger partial charge is 0.449 e. The normalized spacial score (nSPS) is 20.1. The van der Waals surface area contributed by atoms with Crippen molar-refractivity contribution in [1.29, 1.82) is 0 Å². The summed E-state index contributed by atoms with van der Waals surface area (Å²) in [7, 11) is 0.974. The topological polar surface area (TPSA) is 56.8 Å². The van der Waals surface area contributed by atoms with E-state index in [2.05, 4.69) is 17.4 Å². The number of nitrogens with one attached hydrogen (secondary N) is 1. The van der Waals surface area contributed by atoms with Gasteiger partial charge in [-0.25, -0.2) is 4.79 Å². The molecule has 1 N–H and O–H groups in total. The predicted octanol–water partition coefficient (Wildman–Crippen LogP) is 2.98. The Labute approximate surface area is 138 Å². The van der Waals surface area contributed by atoms with Crippen LogP contribution < -0.4 is 5.32 Å². The van der Waals surface area contributed by atoms with Gasteiger partial charge in [-0.2, -0.15) is 0 Å². The predicted molar refractivity (Wildman–Crippen MR) is 90.2 cm³/mol. The van der Waals surface area contributed by atoms with Crippen molar-refractivity contribution >= 4 is 13.2 Å².